The molecule has 2 heterocycles. The lowest BCUT2D eigenvalue weighted by molar-refractivity contribution is 0.274. The monoisotopic (exact) mass is 584 g/mol. The average Bonchev–Trinajstić information content (AvgIpc) is 3.35. The molecular weight excluding hydrogens is 529 g/mol. The van der Waals surface area contributed by atoms with E-state index in [4.69, 9.17) is 0 Å². The van der Waals surface area contributed by atoms with Crippen LogP contribution in [0.25, 0.3) is 0 Å². The van der Waals surface area contributed by atoms with Crippen molar-refractivity contribution in [3.8, 4) is 22.9 Å². The van der Waals surface area contributed by atoms with Gasteiger partial charge in [0.1, 0.15) is 16.1 Å². The molecule has 0 aromatic carbocycles. The molecule has 0 N–H and O–H groups in total. The van der Waals surface area contributed by atoms with E-state index in [0.717, 1.165) is 0 Å². The molecular formula is C34H56S2Si2. The molecule has 1 fully saturated rings. The number of allylic oxidation sites excluding steroid dienone is 4. The van der Waals surface area contributed by atoms with Gasteiger partial charge >= 0.3 is 0 Å². The molecule has 6 atom stereocenters. The first kappa shape index (κ1) is 32.3. The minimum absolute atomic E-state index is 0.428. The first-order valence-corrected chi connectivity index (χ1v) is 21.6. The van der Waals surface area contributed by atoms with E-state index in [2.05, 4.69) is 156 Å². The SMILES string of the molecule is CC1=CC2C(C#C[Si](C(C)C)(C(C)C)C(C)C)C3SC(C)=CC3C(C#C[Si](C(C)C)(C(C)C)C(C)C)C2S1. The van der Waals surface area contributed by atoms with Gasteiger partial charge in [-0.1, -0.05) is 95.2 Å². The average molecular weight is 585 g/mol. The van der Waals surface area contributed by atoms with Gasteiger partial charge in [0.25, 0.3) is 0 Å². The second-order valence-electron chi connectivity index (χ2n) is 14.3. The molecule has 6 unspecified atom stereocenters. The zero-order valence-electron chi connectivity index (χ0n) is 26.9. The number of fused-ring (bicyclic) bond motifs is 2. The van der Waals surface area contributed by atoms with E-state index in [1.165, 1.54) is 9.81 Å². The lowest BCUT2D eigenvalue weighted by Gasteiger charge is -2.44. The molecule has 0 nitrogen and oxygen atoms in total. The molecule has 38 heavy (non-hydrogen) atoms. The molecule has 0 aromatic rings. The van der Waals surface area contributed by atoms with E-state index in [-0.39, 0.29) is 0 Å². The van der Waals surface area contributed by atoms with Gasteiger partial charge in [0, 0.05) is 34.2 Å². The lowest BCUT2D eigenvalue weighted by atomic mass is 9.68. The molecule has 0 aromatic heterocycles. The Hall–Kier alpha value is -0.266. The highest BCUT2D eigenvalue weighted by molar-refractivity contribution is 8.04. The third-order valence-electron chi connectivity index (χ3n) is 10.4. The van der Waals surface area contributed by atoms with Gasteiger partial charge in [-0.2, -0.15) is 0 Å². The van der Waals surface area contributed by atoms with Crippen LogP contribution in [0.3, 0.4) is 0 Å². The predicted octanol–water partition coefficient (Wildman–Crippen LogP) is 10.9. The van der Waals surface area contributed by atoms with Crippen molar-refractivity contribution in [2.45, 2.75) is 141 Å². The molecule has 4 heteroatoms. The van der Waals surface area contributed by atoms with Gasteiger partial charge in [0.05, 0.1) is 0 Å². The van der Waals surface area contributed by atoms with Gasteiger partial charge in [-0.3, -0.25) is 0 Å². The number of hydrogen-bond donors (Lipinski definition) is 0. The summed E-state index contributed by atoms with van der Waals surface area (Å²) in [6.07, 6.45) is 5.18. The van der Waals surface area contributed by atoms with Crippen LogP contribution in [0.15, 0.2) is 22.0 Å². The maximum atomic E-state index is 4.16. The number of thioether (sulfide) groups is 2. The highest BCUT2D eigenvalue weighted by Crippen LogP contribution is 2.58. The Bertz CT molecular complexity index is 912. The Morgan fingerprint density at radius 1 is 0.526 bits per heavy atom. The largest absolute Gasteiger partial charge is 0.145 e. The van der Waals surface area contributed by atoms with Crippen molar-refractivity contribution in [2.75, 3.05) is 0 Å². The Kier molecular flexibility index (Phi) is 10.4. The lowest BCUT2D eigenvalue weighted by Crippen LogP contribution is -2.47. The molecule has 3 rings (SSSR count). The molecule has 0 spiro atoms. The summed E-state index contributed by atoms with van der Waals surface area (Å²) in [7, 11) is -3.53. The summed E-state index contributed by atoms with van der Waals surface area (Å²) in [6.45, 7) is 34.0. The maximum Gasteiger partial charge on any atom is 0.145 e. The fraction of sp³-hybridized carbons (Fsp3) is 0.765. The summed E-state index contributed by atoms with van der Waals surface area (Å²) >= 11 is 4.24. The second-order valence-corrected chi connectivity index (χ2v) is 28.3. The number of hydrogen-bond acceptors (Lipinski definition) is 2. The molecule has 0 bridgehead atoms. The molecule has 0 radical (unpaired) electrons. The van der Waals surface area contributed by atoms with E-state index >= 15 is 0 Å². The predicted molar refractivity (Wildman–Crippen MR) is 182 cm³/mol. The third-order valence-corrected chi connectivity index (χ3v) is 25.8. The van der Waals surface area contributed by atoms with E-state index in [0.29, 0.717) is 67.4 Å². The van der Waals surface area contributed by atoms with Crippen LogP contribution in [0.1, 0.15) is 96.9 Å². The quantitative estimate of drug-likeness (QED) is 0.225. The van der Waals surface area contributed by atoms with Crippen LogP contribution < -0.4 is 0 Å². The minimum Gasteiger partial charge on any atom is -0.130 e. The van der Waals surface area contributed by atoms with Crippen molar-refractivity contribution in [1.29, 1.82) is 0 Å². The Balaban J connectivity index is 2.13. The molecule has 0 amide bonds. The maximum absolute atomic E-state index is 4.16. The van der Waals surface area contributed by atoms with Crippen molar-refractivity contribution < 1.29 is 0 Å². The van der Waals surface area contributed by atoms with E-state index in [9.17, 15) is 0 Å². The second kappa shape index (κ2) is 12.3. The smallest absolute Gasteiger partial charge is 0.130 e. The molecule has 1 aliphatic carbocycles. The number of rotatable bonds is 6. The Morgan fingerprint density at radius 3 is 1.03 bits per heavy atom. The summed E-state index contributed by atoms with van der Waals surface area (Å²) in [5.41, 5.74) is 12.4. The van der Waals surface area contributed by atoms with Crippen LogP contribution in [-0.4, -0.2) is 26.6 Å². The van der Waals surface area contributed by atoms with Gasteiger partial charge in [-0.05, 0) is 56.9 Å². The Morgan fingerprint density at radius 2 is 0.789 bits per heavy atom. The molecule has 1 saturated carbocycles. The molecule has 212 valence electrons. The van der Waals surface area contributed by atoms with Crippen molar-refractivity contribution >= 4 is 39.7 Å². The van der Waals surface area contributed by atoms with E-state index in [1.54, 1.807) is 0 Å². The highest BCUT2D eigenvalue weighted by atomic mass is 32.2. The molecule has 0 saturated heterocycles. The van der Waals surface area contributed by atoms with Gasteiger partial charge in [0.15, 0.2) is 0 Å². The van der Waals surface area contributed by atoms with Crippen LogP contribution >= 0.6 is 23.5 Å². The fourth-order valence-electron chi connectivity index (χ4n) is 8.72. The standard InChI is InChI=1S/C34H56S2Si2/c1-21(2)37(22(3)4,23(5)6)17-15-29-31-19-27(13)36-34(31)30(32-20-28(14)35-33(29)32)16-18-38(24(7)8,25(9)10)26(11)12/h19-26,29-34H,1-14H3. The summed E-state index contributed by atoms with van der Waals surface area (Å²) in [5, 5.41) is 1.08. The van der Waals surface area contributed by atoms with E-state index < -0.39 is 16.1 Å². The fourth-order valence-corrected chi connectivity index (χ4v) is 22.2. The van der Waals surface area contributed by atoms with Gasteiger partial charge in [-0.15, -0.1) is 46.5 Å². The highest BCUT2D eigenvalue weighted by Gasteiger charge is 2.53. The summed E-state index contributed by atoms with van der Waals surface area (Å²) in [4.78, 5) is 2.98. The zero-order chi connectivity index (χ0) is 28.7. The van der Waals surface area contributed by atoms with Crippen LogP contribution in [0, 0.1) is 46.6 Å². The van der Waals surface area contributed by atoms with Gasteiger partial charge < -0.3 is 0 Å². The van der Waals surface area contributed by atoms with Crippen molar-refractivity contribution in [1.82, 2.24) is 0 Å². The third kappa shape index (κ3) is 5.60. The summed E-state index contributed by atoms with van der Waals surface area (Å²) < 4.78 is 0. The zero-order valence-corrected chi connectivity index (χ0v) is 30.5. The van der Waals surface area contributed by atoms with Crippen molar-refractivity contribution in [3.63, 3.8) is 0 Å². The van der Waals surface area contributed by atoms with Crippen LogP contribution in [0.4, 0.5) is 0 Å². The first-order chi connectivity index (χ1) is 17.6. The molecule has 2 aliphatic heterocycles. The molecule has 3 aliphatic rings. The van der Waals surface area contributed by atoms with Gasteiger partial charge in [0.2, 0.25) is 0 Å². The summed E-state index contributed by atoms with van der Waals surface area (Å²) in [5.74, 6) is 10.1. The van der Waals surface area contributed by atoms with Crippen molar-refractivity contribution in [2.24, 2.45) is 23.7 Å². The first-order valence-electron chi connectivity index (χ1n) is 15.4. The van der Waals surface area contributed by atoms with Crippen molar-refractivity contribution in [3.05, 3.63) is 22.0 Å². The minimum atomic E-state index is -1.77. The van der Waals surface area contributed by atoms with Crippen LogP contribution in [-0.2, 0) is 0 Å². The summed E-state index contributed by atoms with van der Waals surface area (Å²) in [6, 6.07) is 0. The van der Waals surface area contributed by atoms with Gasteiger partial charge in [-0.25, -0.2) is 0 Å². The Labute approximate surface area is 247 Å². The normalized spacial score (nSPS) is 29.4. The van der Waals surface area contributed by atoms with Crippen LogP contribution in [0.2, 0.25) is 33.2 Å². The van der Waals surface area contributed by atoms with Crippen LogP contribution in [0.5, 0.6) is 0 Å². The topological polar surface area (TPSA) is 0 Å². The van der Waals surface area contributed by atoms with E-state index in [1.807, 2.05) is 0 Å².